The lowest BCUT2D eigenvalue weighted by molar-refractivity contribution is 0.0933. The highest BCUT2D eigenvalue weighted by Gasteiger charge is 2.14. The normalized spacial score (nSPS) is 17.4. The fourth-order valence-corrected chi connectivity index (χ4v) is 2.52. The van der Waals surface area contributed by atoms with Crippen molar-refractivity contribution >= 4 is 5.78 Å². The van der Waals surface area contributed by atoms with Gasteiger partial charge in [0.15, 0.2) is 5.78 Å². The Balaban J connectivity index is 1.93. The van der Waals surface area contributed by atoms with Crippen LogP contribution in [0.2, 0.25) is 0 Å². The molecule has 1 fully saturated rings. The number of hydrogen-bond acceptors (Lipinski definition) is 2. The average molecular weight is 245 g/mol. The molecule has 1 saturated heterocycles. The highest BCUT2D eigenvalue weighted by Crippen LogP contribution is 2.11. The summed E-state index contributed by atoms with van der Waals surface area (Å²) >= 11 is 0. The van der Waals surface area contributed by atoms with E-state index in [0.717, 1.165) is 25.1 Å². The lowest BCUT2D eigenvalue weighted by atomic mass is 10.1. The first kappa shape index (κ1) is 13.3. The fourth-order valence-electron chi connectivity index (χ4n) is 2.52. The molecule has 0 saturated carbocycles. The van der Waals surface area contributed by atoms with E-state index in [1.54, 1.807) is 0 Å². The van der Waals surface area contributed by atoms with E-state index in [0.29, 0.717) is 6.54 Å². The number of nitrogens with zero attached hydrogens (tertiary/aromatic N) is 1. The van der Waals surface area contributed by atoms with Gasteiger partial charge >= 0.3 is 0 Å². The van der Waals surface area contributed by atoms with E-state index < -0.39 is 0 Å². The first-order valence-corrected chi connectivity index (χ1v) is 7.14. The molecular formula is C16H23NO. The third kappa shape index (κ3) is 3.67. The summed E-state index contributed by atoms with van der Waals surface area (Å²) in [6.45, 7) is 4.89. The Hall–Kier alpha value is -1.15. The Labute approximate surface area is 110 Å². The van der Waals surface area contributed by atoms with Crippen LogP contribution in [0.4, 0.5) is 0 Å². The molecule has 0 spiro atoms. The van der Waals surface area contributed by atoms with Crippen LogP contribution in [0.1, 0.15) is 48.5 Å². The van der Waals surface area contributed by atoms with Crippen LogP contribution in [0.15, 0.2) is 24.3 Å². The molecule has 1 aromatic rings. The zero-order chi connectivity index (χ0) is 12.8. The van der Waals surface area contributed by atoms with Crippen molar-refractivity contribution in [3.63, 3.8) is 0 Å². The number of aryl methyl sites for hydroxylation is 1. The molecule has 1 heterocycles. The Bertz CT molecular complexity index is 375. The van der Waals surface area contributed by atoms with Gasteiger partial charge in [0.05, 0.1) is 6.54 Å². The maximum absolute atomic E-state index is 12.2. The predicted octanol–water partition coefficient (Wildman–Crippen LogP) is 3.31. The molecule has 18 heavy (non-hydrogen) atoms. The quantitative estimate of drug-likeness (QED) is 0.759. The molecule has 98 valence electrons. The van der Waals surface area contributed by atoms with Crippen molar-refractivity contribution in [2.24, 2.45) is 0 Å². The number of rotatable bonds is 4. The zero-order valence-corrected chi connectivity index (χ0v) is 11.3. The van der Waals surface area contributed by atoms with Gasteiger partial charge in [0.25, 0.3) is 0 Å². The van der Waals surface area contributed by atoms with Crippen LogP contribution in [0.5, 0.6) is 0 Å². The zero-order valence-electron chi connectivity index (χ0n) is 11.3. The summed E-state index contributed by atoms with van der Waals surface area (Å²) in [4.78, 5) is 14.5. The van der Waals surface area contributed by atoms with E-state index in [2.05, 4.69) is 24.0 Å². The van der Waals surface area contributed by atoms with Crippen molar-refractivity contribution in [1.29, 1.82) is 0 Å². The smallest absolute Gasteiger partial charge is 0.176 e. The highest BCUT2D eigenvalue weighted by molar-refractivity contribution is 5.97. The Morgan fingerprint density at radius 2 is 1.67 bits per heavy atom. The monoisotopic (exact) mass is 245 g/mol. The third-order valence-electron chi connectivity index (χ3n) is 3.75. The summed E-state index contributed by atoms with van der Waals surface area (Å²) in [5.74, 6) is 0.263. The van der Waals surface area contributed by atoms with Crippen LogP contribution in [0.25, 0.3) is 0 Å². The predicted molar refractivity (Wildman–Crippen MR) is 75.1 cm³/mol. The highest BCUT2D eigenvalue weighted by atomic mass is 16.1. The minimum atomic E-state index is 0.263. The van der Waals surface area contributed by atoms with Crippen molar-refractivity contribution < 1.29 is 4.79 Å². The van der Waals surface area contributed by atoms with Crippen LogP contribution in [0, 0.1) is 0 Å². The van der Waals surface area contributed by atoms with Crippen molar-refractivity contribution in [1.82, 2.24) is 4.90 Å². The second-order valence-corrected chi connectivity index (χ2v) is 5.16. The molecule has 2 nitrogen and oxygen atoms in total. The van der Waals surface area contributed by atoms with E-state index in [-0.39, 0.29) is 5.78 Å². The van der Waals surface area contributed by atoms with Crippen molar-refractivity contribution in [3.05, 3.63) is 35.4 Å². The number of carbonyl (C=O) groups is 1. The second kappa shape index (κ2) is 6.69. The SMILES string of the molecule is CCc1ccc(C(=O)CN2CCCCCC2)cc1. The summed E-state index contributed by atoms with van der Waals surface area (Å²) in [5, 5.41) is 0. The molecule has 2 heteroatoms. The molecule has 0 aliphatic carbocycles. The largest absolute Gasteiger partial charge is 0.296 e. The number of Topliss-reactive ketones (excluding diaryl/α,β-unsaturated/α-hetero) is 1. The minimum absolute atomic E-state index is 0.263. The fraction of sp³-hybridized carbons (Fsp3) is 0.562. The summed E-state index contributed by atoms with van der Waals surface area (Å²) in [7, 11) is 0. The standard InChI is InChI=1S/C16H23NO/c1-2-14-7-9-15(10-8-14)16(18)13-17-11-5-3-4-6-12-17/h7-10H,2-6,11-13H2,1H3. The molecule has 0 aromatic heterocycles. The molecule has 1 aromatic carbocycles. The summed E-state index contributed by atoms with van der Waals surface area (Å²) in [6.07, 6.45) is 6.14. The molecular weight excluding hydrogens is 222 g/mol. The van der Waals surface area contributed by atoms with E-state index >= 15 is 0 Å². The molecule has 1 aliphatic rings. The van der Waals surface area contributed by atoms with Gasteiger partial charge < -0.3 is 0 Å². The minimum Gasteiger partial charge on any atom is -0.296 e. The van der Waals surface area contributed by atoms with Crippen LogP contribution >= 0.6 is 0 Å². The first-order chi connectivity index (χ1) is 8.79. The summed E-state index contributed by atoms with van der Waals surface area (Å²) in [5.41, 5.74) is 2.15. The number of likely N-dealkylation sites (tertiary alicyclic amines) is 1. The topological polar surface area (TPSA) is 20.3 Å². The summed E-state index contributed by atoms with van der Waals surface area (Å²) in [6, 6.07) is 8.07. The van der Waals surface area contributed by atoms with E-state index in [4.69, 9.17) is 0 Å². The number of carbonyl (C=O) groups excluding carboxylic acids is 1. The lowest BCUT2D eigenvalue weighted by Gasteiger charge is -2.18. The second-order valence-electron chi connectivity index (χ2n) is 5.16. The van der Waals surface area contributed by atoms with Gasteiger partial charge in [-0.3, -0.25) is 9.69 Å². The number of ketones is 1. The van der Waals surface area contributed by atoms with Crippen molar-refractivity contribution in [2.75, 3.05) is 19.6 Å². The van der Waals surface area contributed by atoms with Gasteiger partial charge in [-0.25, -0.2) is 0 Å². The van der Waals surface area contributed by atoms with Gasteiger partial charge in [-0.2, -0.15) is 0 Å². The van der Waals surface area contributed by atoms with Crippen LogP contribution < -0.4 is 0 Å². The van der Waals surface area contributed by atoms with Gasteiger partial charge in [-0.15, -0.1) is 0 Å². The Morgan fingerprint density at radius 1 is 1.06 bits per heavy atom. The molecule has 0 bridgehead atoms. The number of benzene rings is 1. The van der Waals surface area contributed by atoms with Gasteiger partial charge in [-0.05, 0) is 37.9 Å². The van der Waals surface area contributed by atoms with Crippen molar-refractivity contribution in [2.45, 2.75) is 39.0 Å². The molecule has 0 unspecified atom stereocenters. The van der Waals surface area contributed by atoms with Crippen LogP contribution in [-0.2, 0) is 6.42 Å². The maximum Gasteiger partial charge on any atom is 0.176 e. The molecule has 0 N–H and O–H groups in total. The lowest BCUT2D eigenvalue weighted by Crippen LogP contribution is -2.30. The van der Waals surface area contributed by atoms with Crippen LogP contribution in [-0.4, -0.2) is 30.3 Å². The van der Waals surface area contributed by atoms with Crippen molar-refractivity contribution in [3.8, 4) is 0 Å². The van der Waals surface area contributed by atoms with Gasteiger partial charge in [0, 0.05) is 5.56 Å². The van der Waals surface area contributed by atoms with Crippen LogP contribution in [0.3, 0.4) is 0 Å². The Kier molecular flexibility index (Phi) is 4.94. The Morgan fingerprint density at radius 3 is 2.22 bits per heavy atom. The van der Waals surface area contributed by atoms with Gasteiger partial charge in [0.2, 0.25) is 0 Å². The third-order valence-corrected chi connectivity index (χ3v) is 3.75. The number of hydrogen-bond donors (Lipinski definition) is 0. The van der Waals surface area contributed by atoms with E-state index in [9.17, 15) is 4.79 Å². The molecule has 2 rings (SSSR count). The first-order valence-electron chi connectivity index (χ1n) is 7.14. The van der Waals surface area contributed by atoms with Gasteiger partial charge in [0.1, 0.15) is 0 Å². The maximum atomic E-state index is 12.2. The molecule has 0 atom stereocenters. The summed E-state index contributed by atoms with van der Waals surface area (Å²) < 4.78 is 0. The van der Waals surface area contributed by atoms with E-state index in [1.165, 1.54) is 31.2 Å². The van der Waals surface area contributed by atoms with E-state index in [1.807, 2.05) is 12.1 Å². The average Bonchev–Trinajstić information content (AvgIpc) is 2.67. The van der Waals surface area contributed by atoms with Gasteiger partial charge in [-0.1, -0.05) is 44.0 Å². The molecule has 1 aliphatic heterocycles. The molecule has 0 amide bonds. The molecule has 0 radical (unpaired) electrons.